The molecule has 1 N–H and O–H groups in total. The molecule has 0 fully saturated rings. The molecule has 0 radical (unpaired) electrons. The molecule has 7 heteroatoms. The van der Waals surface area contributed by atoms with Crippen LogP contribution in [-0.2, 0) is 6.54 Å². The van der Waals surface area contributed by atoms with Crippen molar-refractivity contribution >= 4 is 16.9 Å². The highest BCUT2D eigenvalue weighted by Crippen LogP contribution is 2.23. The molecule has 0 aliphatic rings. The van der Waals surface area contributed by atoms with Crippen molar-refractivity contribution < 1.29 is 23.1 Å². The van der Waals surface area contributed by atoms with Crippen molar-refractivity contribution in [1.29, 1.82) is 0 Å². The van der Waals surface area contributed by atoms with Crippen molar-refractivity contribution in [3.05, 3.63) is 69.8 Å². The minimum atomic E-state index is -0.573. The molecule has 26 heavy (non-hydrogen) atoms. The molecule has 0 spiro atoms. The molecular weight excluding hydrogens is 341 g/mol. The third-order valence-corrected chi connectivity index (χ3v) is 3.84. The van der Waals surface area contributed by atoms with Crippen molar-refractivity contribution in [1.82, 2.24) is 5.32 Å². The van der Waals surface area contributed by atoms with Crippen LogP contribution in [0, 0.1) is 5.82 Å². The number of fused-ring (bicyclic) bond motifs is 1. The monoisotopic (exact) mass is 357 g/mol. The summed E-state index contributed by atoms with van der Waals surface area (Å²) in [6, 6.07) is 9.85. The maximum Gasteiger partial charge on any atom is 0.336 e. The predicted molar refractivity (Wildman–Crippen MR) is 93.2 cm³/mol. The molecule has 1 aromatic heterocycles. The lowest BCUT2D eigenvalue weighted by atomic mass is 10.1. The van der Waals surface area contributed by atoms with Crippen LogP contribution >= 0.6 is 0 Å². The van der Waals surface area contributed by atoms with Gasteiger partial charge in [-0.05, 0) is 35.9 Å². The highest BCUT2D eigenvalue weighted by molar-refractivity contribution is 5.95. The maximum atomic E-state index is 13.5. The summed E-state index contributed by atoms with van der Waals surface area (Å²) < 4.78 is 28.8. The normalized spacial score (nSPS) is 10.6. The van der Waals surface area contributed by atoms with Crippen LogP contribution in [0.5, 0.6) is 11.5 Å². The average Bonchev–Trinajstić information content (AvgIpc) is 2.65. The van der Waals surface area contributed by atoms with E-state index < -0.39 is 11.4 Å². The van der Waals surface area contributed by atoms with Crippen molar-refractivity contribution in [3.63, 3.8) is 0 Å². The standard InChI is InChI=1S/C19H16FNO5/c1-24-14-5-11(6-15(9-14)25-2)19(23)21-10-12-7-18(22)26-17-4-3-13(20)8-16(12)17/h3-9H,10H2,1-2H3,(H,21,23). The van der Waals surface area contributed by atoms with Crippen LogP contribution in [0.1, 0.15) is 15.9 Å². The zero-order valence-corrected chi connectivity index (χ0v) is 14.2. The molecule has 0 unspecified atom stereocenters. The number of nitrogens with one attached hydrogen (secondary N) is 1. The van der Waals surface area contributed by atoms with Crippen molar-refractivity contribution in [2.24, 2.45) is 0 Å². The van der Waals surface area contributed by atoms with Crippen LogP contribution in [-0.4, -0.2) is 20.1 Å². The number of hydrogen-bond acceptors (Lipinski definition) is 5. The van der Waals surface area contributed by atoms with Gasteiger partial charge in [-0.1, -0.05) is 0 Å². The number of hydrogen-bond donors (Lipinski definition) is 1. The van der Waals surface area contributed by atoms with Crippen molar-refractivity contribution in [3.8, 4) is 11.5 Å². The van der Waals surface area contributed by atoms with E-state index in [-0.39, 0.29) is 18.0 Å². The summed E-state index contributed by atoms with van der Waals surface area (Å²) in [5, 5.41) is 3.13. The summed E-state index contributed by atoms with van der Waals surface area (Å²) in [4.78, 5) is 24.1. The van der Waals surface area contributed by atoms with E-state index in [0.717, 1.165) is 0 Å². The van der Waals surface area contributed by atoms with E-state index in [9.17, 15) is 14.0 Å². The second-order valence-corrected chi connectivity index (χ2v) is 5.52. The van der Waals surface area contributed by atoms with Gasteiger partial charge in [0, 0.05) is 29.6 Å². The SMILES string of the molecule is COc1cc(OC)cc(C(=O)NCc2cc(=O)oc3ccc(F)cc23)c1. The lowest BCUT2D eigenvalue weighted by Gasteiger charge is -2.10. The van der Waals surface area contributed by atoms with E-state index >= 15 is 0 Å². The van der Waals surface area contributed by atoms with Gasteiger partial charge in [-0.3, -0.25) is 4.79 Å². The molecule has 0 atom stereocenters. The first-order valence-electron chi connectivity index (χ1n) is 7.73. The Kier molecular flexibility index (Phi) is 4.88. The van der Waals surface area contributed by atoms with Gasteiger partial charge in [-0.15, -0.1) is 0 Å². The number of carbonyl (C=O) groups is 1. The second-order valence-electron chi connectivity index (χ2n) is 5.52. The van der Waals surface area contributed by atoms with Crippen LogP contribution in [0.3, 0.4) is 0 Å². The third-order valence-electron chi connectivity index (χ3n) is 3.84. The van der Waals surface area contributed by atoms with Gasteiger partial charge in [-0.25, -0.2) is 9.18 Å². The summed E-state index contributed by atoms with van der Waals surface area (Å²) in [5.74, 6) is 0.0983. The number of amides is 1. The number of rotatable bonds is 5. The molecule has 3 rings (SSSR count). The molecule has 1 amide bonds. The maximum absolute atomic E-state index is 13.5. The average molecular weight is 357 g/mol. The quantitative estimate of drug-likeness (QED) is 0.711. The van der Waals surface area contributed by atoms with Crippen LogP contribution in [0.4, 0.5) is 4.39 Å². The molecule has 0 aliphatic heterocycles. The Balaban J connectivity index is 1.87. The molecule has 0 aliphatic carbocycles. The highest BCUT2D eigenvalue weighted by atomic mass is 19.1. The molecule has 134 valence electrons. The number of ether oxygens (including phenoxy) is 2. The molecule has 2 aromatic carbocycles. The van der Waals surface area contributed by atoms with E-state index in [1.165, 1.54) is 38.5 Å². The van der Waals surface area contributed by atoms with E-state index in [1.54, 1.807) is 18.2 Å². The molecule has 3 aromatic rings. The number of halogens is 1. The minimum absolute atomic E-state index is 0.0317. The summed E-state index contributed by atoms with van der Waals surface area (Å²) in [5.41, 5.74) is 0.473. The first-order chi connectivity index (χ1) is 12.5. The fraction of sp³-hybridized carbons (Fsp3) is 0.158. The second kappa shape index (κ2) is 7.26. The van der Waals surface area contributed by atoms with Gasteiger partial charge in [0.2, 0.25) is 0 Å². The fourth-order valence-corrected chi connectivity index (χ4v) is 2.56. The lowest BCUT2D eigenvalue weighted by Crippen LogP contribution is -2.23. The molecular formula is C19H16FNO5. The largest absolute Gasteiger partial charge is 0.497 e. The summed E-state index contributed by atoms with van der Waals surface area (Å²) in [6.07, 6.45) is 0. The highest BCUT2D eigenvalue weighted by Gasteiger charge is 2.12. The topological polar surface area (TPSA) is 77.8 Å². The fourth-order valence-electron chi connectivity index (χ4n) is 2.56. The number of benzene rings is 2. The molecule has 1 heterocycles. The smallest absolute Gasteiger partial charge is 0.336 e. The van der Waals surface area contributed by atoms with Crippen LogP contribution in [0.2, 0.25) is 0 Å². The Labute approximate surface area is 148 Å². The third kappa shape index (κ3) is 3.66. The van der Waals surface area contributed by atoms with E-state index in [1.807, 2.05) is 0 Å². The molecule has 0 bridgehead atoms. The van der Waals surface area contributed by atoms with Crippen LogP contribution in [0.15, 0.2) is 51.7 Å². The van der Waals surface area contributed by atoms with E-state index in [0.29, 0.717) is 28.0 Å². The Morgan fingerprint density at radius 3 is 2.42 bits per heavy atom. The van der Waals surface area contributed by atoms with Gasteiger partial charge in [-0.2, -0.15) is 0 Å². The summed E-state index contributed by atoms with van der Waals surface area (Å²) >= 11 is 0. The van der Waals surface area contributed by atoms with E-state index in [2.05, 4.69) is 5.32 Å². The van der Waals surface area contributed by atoms with E-state index in [4.69, 9.17) is 13.9 Å². The van der Waals surface area contributed by atoms with Crippen molar-refractivity contribution in [2.75, 3.05) is 14.2 Å². The van der Waals surface area contributed by atoms with Crippen LogP contribution < -0.4 is 20.4 Å². The first kappa shape index (κ1) is 17.5. The van der Waals surface area contributed by atoms with Gasteiger partial charge in [0.05, 0.1) is 14.2 Å². The Morgan fingerprint density at radius 1 is 1.08 bits per heavy atom. The number of methoxy groups -OCH3 is 2. The zero-order chi connectivity index (χ0) is 18.7. The Bertz CT molecular complexity index is 1010. The Morgan fingerprint density at radius 2 is 1.77 bits per heavy atom. The first-order valence-corrected chi connectivity index (χ1v) is 7.73. The van der Waals surface area contributed by atoms with Gasteiger partial charge in [0.15, 0.2) is 0 Å². The molecule has 0 saturated heterocycles. The molecule has 0 saturated carbocycles. The van der Waals surface area contributed by atoms with Crippen molar-refractivity contribution in [2.45, 2.75) is 6.54 Å². The Hall–Kier alpha value is -3.35. The van der Waals surface area contributed by atoms with Gasteiger partial charge < -0.3 is 19.2 Å². The minimum Gasteiger partial charge on any atom is -0.497 e. The van der Waals surface area contributed by atoms with Gasteiger partial charge in [0.1, 0.15) is 22.9 Å². The molecule has 6 nitrogen and oxygen atoms in total. The zero-order valence-electron chi connectivity index (χ0n) is 14.2. The van der Waals surface area contributed by atoms with Gasteiger partial charge >= 0.3 is 5.63 Å². The predicted octanol–water partition coefficient (Wildman–Crippen LogP) is 2.88. The lowest BCUT2D eigenvalue weighted by molar-refractivity contribution is 0.0950. The summed E-state index contributed by atoms with van der Waals surface area (Å²) in [6.45, 7) is 0.0317. The number of carbonyl (C=O) groups excluding carboxylic acids is 1. The van der Waals surface area contributed by atoms with Crippen LogP contribution in [0.25, 0.3) is 11.0 Å². The summed E-state index contributed by atoms with van der Waals surface area (Å²) in [7, 11) is 2.97. The van der Waals surface area contributed by atoms with Gasteiger partial charge in [0.25, 0.3) is 5.91 Å².